The number of anilines is 1. The molecule has 1 aromatic heterocycles. The minimum atomic E-state index is -0.142. The lowest BCUT2D eigenvalue weighted by molar-refractivity contribution is 0.0791. The molecule has 2 aromatic rings. The summed E-state index contributed by atoms with van der Waals surface area (Å²) in [5.41, 5.74) is 3.12. The van der Waals surface area contributed by atoms with Gasteiger partial charge < -0.3 is 10.4 Å². The Kier molecular flexibility index (Phi) is 5.42. The van der Waals surface area contributed by atoms with Crippen LogP contribution in [0.3, 0.4) is 0 Å². The van der Waals surface area contributed by atoms with Gasteiger partial charge in [-0.3, -0.25) is 4.90 Å². The molecule has 0 saturated carbocycles. The largest absolute Gasteiger partial charge is 0.393 e. The van der Waals surface area contributed by atoms with Crippen LogP contribution in [0.1, 0.15) is 29.5 Å². The molecule has 0 radical (unpaired) electrons. The first-order chi connectivity index (χ1) is 11.7. The van der Waals surface area contributed by atoms with Crippen LogP contribution in [0.2, 0.25) is 0 Å². The predicted octanol–water partition coefficient (Wildman–Crippen LogP) is 2.52. The Labute approximate surface area is 142 Å². The minimum absolute atomic E-state index is 0.142. The lowest BCUT2D eigenvalue weighted by atomic mass is 10.0. The third-order valence-electron chi connectivity index (χ3n) is 4.42. The van der Waals surface area contributed by atoms with E-state index in [1.54, 1.807) is 18.3 Å². The van der Waals surface area contributed by atoms with Crippen LogP contribution in [-0.2, 0) is 13.1 Å². The maximum atomic E-state index is 9.63. The van der Waals surface area contributed by atoms with Gasteiger partial charge in [0.2, 0.25) is 0 Å². The number of hydrogen-bond acceptors (Lipinski definition) is 5. The summed E-state index contributed by atoms with van der Waals surface area (Å²) in [5, 5.41) is 21.9. The molecule has 0 aliphatic carbocycles. The van der Waals surface area contributed by atoms with Gasteiger partial charge in [-0.15, -0.1) is 0 Å². The molecule has 124 valence electrons. The standard InChI is InChI=1S/C19H22N4O/c20-12-15-5-8-21-19(11-15)22-13-16-3-1-2-4-17(16)14-23-9-6-18(24)7-10-23/h1-5,8,11,18,24H,6-7,9-10,13-14H2,(H,21,22). The fourth-order valence-electron chi connectivity index (χ4n) is 2.99. The number of nitrogens with one attached hydrogen (secondary N) is 1. The van der Waals surface area contributed by atoms with E-state index in [0.29, 0.717) is 17.9 Å². The van der Waals surface area contributed by atoms with Crippen molar-refractivity contribution >= 4 is 5.82 Å². The summed E-state index contributed by atoms with van der Waals surface area (Å²) in [4.78, 5) is 6.64. The highest BCUT2D eigenvalue weighted by atomic mass is 16.3. The molecular weight excluding hydrogens is 300 g/mol. The van der Waals surface area contributed by atoms with Crippen LogP contribution in [0.4, 0.5) is 5.82 Å². The molecule has 0 bridgehead atoms. The van der Waals surface area contributed by atoms with E-state index in [-0.39, 0.29) is 6.10 Å². The van der Waals surface area contributed by atoms with Gasteiger partial charge in [-0.2, -0.15) is 5.26 Å². The summed E-state index contributed by atoms with van der Waals surface area (Å²) in [6.45, 7) is 3.45. The van der Waals surface area contributed by atoms with Gasteiger partial charge in [0.25, 0.3) is 0 Å². The van der Waals surface area contributed by atoms with E-state index in [1.807, 2.05) is 6.07 Å². The molecule has 2 heterocycles. The quantitative estimate of drug-likeness (QED) is 0.885. The van der Waals surface area contributed by atoms with E-state index in [4.69, 9.17) is 5.26 Å². The van der Waals surface area contributed by atoms with Crippen molar-refractivity contribution in [1.29, 1.82) is 5.26 Å². The average Bonchev–Trinajstić information content (AvgIpc) is 2.63. The van der Waals surface area contributed by atoms with Crippen LogP contribution < -0.4 is 5.32 Å². The van der Waals surface area contributed by atoms with Crippen LogP contribution >= 0.6 is 0 Å². The van der Waals surface area contributed by atoms with E-state index >= 15 is 0 Å². The number of likely N-dealkylation sites (tertiary alicyclic amines) is 1. The summed E-state index contributed by atoms with van der Waals surface area (Å²) >= 11 is 0. The first-order valence-corrected chi connectivity index (χ1v) is 8.32. The molecule has 0 amide bonds. The Morgan fingerprint density at radius 2 is 1.96 bits per heavy atom. The maximum absolute atomic E-state index is 9.63. The molecule has 3 rings (SSSR count). The van der Waals surface area contributed by atoms with Crippen molar-refractivity contribution in [3.8, 4) is 6.07 Å². The van der Waals surface area contributed by atoms with Gasteiger partial charge in [-0.05, 0) is 36.1 Å². The minimum Gasteiger partial charge on any atom is -0.393 e. The summed E-state index contributed by atoms with van der Waals surface area (Å²) in [7, 11) is 0. The third kappa shape index (κ3) is 4.31. The monoisotopic (exact) mass is 322 g/mol. The number of aromatic nitrogens is 1. The number of aliphatic hydroxyl groups is 1. The van der Waals surface area contributed by atoms with Gasteiger partial charge in [0.1, 0.15) is 5.82 Å². The fraction of sp³-hybridized carbons (Fsp3) is 0.368. The zero-order valence-corrected chi connectivity index (χ0v) is 13.7. The summed E-state index contributed by atoms with van der Waals surface area (Å²) in [6.07, 6.45) is 3.21. The number of nitrogens with zero attached hydrogens (tertiary/aromatic N) is 3. The van der Waals surface area contributed by atoms with Crippen molar-refractivity contribution in [2.24, 2.45) is 0 Å². The van der Waals surface area contributed by atoms with E-state index in [9.17, 15) is 5.11 Å². The first-order valence-electron chi connectivity index (χ1n) is 8.32. The van der Waals surface area contributed by atoms with Crippen molar-refractivity contribution in [2.75, 3.05) is 18.4 Å². The zero-order valence-electron chi connectivity index (χ0n) is 13.7. The highest BCUT2D eigenvalue weighted by Crippen LogP contribution is 2.17. The first kappa shape index (κ1) is 16.4. The molecule has 1 fully saturated rings. The van der Waals surface area contributed by atoms with E-state index in [0.717, 1.165) is 32.5 Å². The zero-order chi connectivity index (χ0) is 16.8. The number of piperidine rings is 1. The summed E-state index contributed by atoms with van der Waals surface area (Å²) in [6, 6.07) is 14.0. The topological polar surface area (TPSA) is 72.2 Å². The number of hydrogen-bond donors (Lipinski definition) is 2. The fourth-order valence-corrected chi connectivity index (χ4v) is 2.99. The van der Waals surface area contributed by atoms with Crippen LogP contribution in [0, 0.1) is 11.3 Å². The molecule has 1 saturated heterocycles. The Morgan fingerprint density at radius 3 is 2.71 bits per heavy atom. The third-order valence-corrected chi connectivity index (χ3v) is 4.42. The number of aliphatic hydroxyl groups excluding tert-OH is 1. The second-order valence-corrected chi connectivity index (χ2v) is 6.17. The van der Waals surface area contributed by atoms with Crippen molar-refractivity contribution < 1.29 is 5.11 Å². The van der Waals surface area contributed by atoms with Crippen LogP contribution in [-0.4, -0.2) is 34.2 Å². The highest BCUT2D eigenvalue weighted by Gasteiger charge is 2.17. The summed E-state index contributed by atoms with van der Waals surface area (Å²) in [5.74, 6) is 0.713. The van der Waals surface area contributed by atoms with Gasteiger partial charge in [0.05, 0.1) is 17.7 Å². The average molecular weight is 322 g/mol. The predicted molar refractivity (Wildman–Crippen MR) is 93.2 cm³/mol. The number of pyridine rings is 1. The molecule has 1 aliphatic heterocycles. The second kappa shape index (κ2) is 7.91. The number of rotatable bonds is 5. The molecule has 1 aliphatic rings. The molecule has 5 nitrogen and oxygen atoms in total. The van der Waals surface area contributed by atoms with Gasteiger partial charge >= 0.3 is 0 Å². The Hall–Kier alpha value is -2.42. The smallest absolute Gasteiger partial charge is 0.127 e. The Balaban J connectivity index is 1.64. The molecular formula is C19H22N4O. The highest BCUT2D eigenvalue weighted by molar-refractivity contribution is 5.43. The molecule has 5 heteroatoms. The van der Waals surface area contributed by atoms with Crippen LogP contribution in [0.25, 0.3) is 0 Å². The second-order valence-electron chi connectivity index (χ2n) is 6.17. The molecule has 0 atom stereocenters. The number of nitriles is 1. The van der Waals surface area contributed by atoms with E-state index < -0.39 is 0 Å². The molecule has 24 heavy (non-hydrogen) atoms. The Bertz CT molecular complexity index is 717. The van der Waals surface area contributed by atoms with Crippen molar-refractivity contribution in [2.45, 2.75) is 32.0 Å². The molecule has 0 unspecified atom stereocenters. The molecule has 0 spiro atoms. The van der Waals surface area contributed by atoms with E-state index in [1.165, 1.54) is 11.1 Å². The van der Waals surface area contributed by atoms with Gasteiger partial charge in [0.15, 0.2) is 0 Å². The van der Waals surface area contributed by atoms with Gasteiger partial charge in [-0.25, -0.2) is 4.98 Å². The van der Waals surface area contributed by atoms with E-state index in [2.05, 4.69) is 39.5 Å². The molecule has 1 aromatic carbocycles. The molecule has 2 N–H and O–H groups in total. The summed E-state index contributed by atoms with van der Waals surface area (Å²) < 4.78 is 0. The van der Waals surface area contributed by atoms with Crippen molar-refractivity contribution in [3.05, 3.63) is 59.3 Å². The lowest BCUT2D eigenvalue weighted by Gasteiger charge is -2.30. The van der Waals surface area contributed by atoms with Crippen LogP contribution in [0.5, 0.6) is 0 Å². The number of benzene rings is 1. The maximum Gasteiger partial charge on any atom is 0.127 e. The van der Waals surface area contributed by atoms with Gasteiger partial charge in [0, 0.05) is 32.4 Å². The van der Waals surface area contributed by atoms with Crippen molar-refractivity contribution in [3.63, 3.8) is 0 Å². The van der Waals surface area contributed by atoms with Gasteiger partial charge in [-0.1, -0.05) is 24.3 Å². The lowest BCUT2D eigenvalue weighted by Crippen LogP contribution is -2.35. The van der Waals surface area contributed by atoms with Crippen molar-refractivity contribution in [1.82, 2.24) is 9.88 Å². The van der Waals surface area contributed by atoms with Crippen LogP contribution in [0.15, 0.2) is 42.6 Å². The normalized spacial score (nSPS) is 15.8. The Morgan fingerprint density at radius 1 is 1.21 bits per heavy atom. The SMILES string of the molecule is N#Cc1ccnc(NCc2ccccc2CN2CCC(O)CC2)c1.